The van der Waals surface area contributed by atoms with Crippen LogP contribution in [-0.4, -0.2) is 4.84 Å². The fourth-order valence-corrected chi connectivity index (χ4v) is 1.55. The van der Waals surface area contributed by atoms with Crippen molar-refractivity contribution in [3.63, 3.8) is 0 Å². The van der Waals surface area contributed by atoms with Crippen LogP contribution in [0.4, 0.5) is 13.2 Å². The molecule has 0 aliphatic rings. The van der Waals surface area contributed by atoms with E-state index in [9.17, 15) is 13.2 Å². The molecule has 0 fully saturated rings. The maximum Gasteiger partial charge on any atom is 0.416 e. The van der Waals surface area contributed by atoms with Crippen molar-refractivity contribution < 1.29 is 13.2 Å². The van der Waals surface area contributed by atoms with Gasteiger partial charge in [-0.3, -0.25) is 0 Å². The molecule has 1 radical (unpaired) electrons. The van der Waals surface area contributed by atoms with Crippen LogP contribution in [0.2, 0.25) is 5.02 Å². The van der Waals surface area contributed by atoms with Gasteiger partial charge in [-0.15, -0.1) is 23.2 Å². The first-order chi connectivity index (χ1) is 6.79. The van der Waals surface area contributed by atoms with E-state index in [1.165, 1.54) is 12.5 Å². The molecule has 1 aromatic rings. The number of hydrogen-bond acceptors (Lipinski definition) is 0. The largest absolute Gasteiger partial charge is 0.416 e. The molecule has 1 aromatic carbocycles. The van der Waals surface area contributed by atoms with Crippen LogP contribution in [0.5, 0.6) is 0 Å². The van der Waals surface area contributed by atoms with E-state index in [1.54, 1.807) is 0 Å². The van der Waals surface area contributed by atoms with Gasteiger partial charge in [0, 0.05) is 11.4 Å². The molecule has 15 heavy (non-hydrogen) atoms. The van der Waals surface area contributed by atoms with E-state index in [4.69, 9.17) is 34.8 Å². The molecule has 0 saturated heterocycles. The Hall–Kier alpha value is -0.120. The Morgan fingerprint density at radius 1 is 1.13 bits per heavy atom. The maximum absolute atomic E-state index is 12.3. The third-order valence-electron chi connectivity index (χ3n) is 1.57. The van der Waals surface area contributed by atoms with E-state index < -0.39 is 16.6 Å². The van der Waals surface area contributed by atoms with Crippen LogP contribution in [0.1, 0.15) is 11.1 Å². The third kappa shape index (κ3) is 4.09. The summed E-state index contributed by atoms with van der Waals surface area (Å²) in [6.07, 6.45) is -3.16. The van der Waals surface area contributed by atoms with E-state index in [0.717, 1.165) is 12.1 Å². The highest BCUT2D eigenvalue weighted by Gasteiger charge is 2.31. The van der Waals surface area contributed by atoms with Crippen molar-refractivity contribution in [2.45, 2.75) is 11.0 Å². The average molecular weight is 276 g/mol. The standard InChI is InChI=1S/C9H5Cl3F3/c10-7-2-5(3-8(11)12)1-6(4-7)9(13,14)15/h1-4,8H. The van der Waals surface area contributed by atoms with E-state index in [-0.39, 0.29) is 10.6 Å². The summed E-state index contributed by atoms with van der Waals surface area (Å²) >= 11 is 16.4. The summed E-state index contributed by atoms with van der Waals surface area (Å²) in [4.78, 5) is -0.871. The molecular formula is C9H5Cl3F3. The van der Waals surface area contributed by atoms with Crippen LogP contribution < -0.4 is 0 Å². The van der Waals surface area contributed by atoms with Crippen molar-refractivity contribution in [1.29, 1.82) is 0 Å². The first-order valence-electron chi connectivity index (χ1n) is 3.80. The molecule has 0 N–H and O–H groups in total. The van der Waals surface area contributed by atoms with Gasteiger partial charge in [0.25, 0.3) is 0 Å². The molecular weight excluding hydrogens is 271 g/mol. The topological polar surface area (TPSA) is 0 Å². The smallest absolute Gasteiger partial charge is 0.166 e. The Morgan fingerprint density at radius 2 is 1.73 bits per heavy atom. The van der Waals surface area contributed by atoms with Gasteiger partial charge in [-0.05, 0) is 23.8 Å². The minimum atomic E-state index is -4.43. The highest BCUT2D eigenvalue weighted by Crippen LogP contribution is 2.32. The number of halogens is 6. The zero-order valence-electron chi connectivity index (χ0n) is 7.15. The van der Waals surface area contributed by atoms with Gasteiger partial charge >= 0.3 is 6.18 Å². The van der Waals surface area contributed by atoms with Crippen LogP contribution in [0.25, 0.3) is 0 Å². The van der Waals surface area contributed by atoms with Crippen molar-refractivity contribution in [2.24, 2.45) is 0 Å². The molecule has 0 bridgehead atoms. The Bertz CT molecular complexity index is 347. The Kier molecular flexibility index (Phi) is 4.15. The third-order valence-corrected chi connectivity index (χ3v) is 2.04. The lowest BCUT2D eigenvalue weighted by Crippen LogP contribution is -2.06. The summed E-state index contributed by atoms with van der Waals surface area (Å²) in [5, 5.41) is -0.00921. The number of rotatable bonds is 2. The predicted octanol–water partition coefficient (Wildman–Crippen LogP) is 4.71. The molecule has 0 unspecified atom stereocenters. The zero-order chi connectivity index (χ0) is 11.6. The van der Waals surface area contributed by atoms with E-state index in [1.807, 2.05) is 0 Å². The quantitative estimate of drug-likeness (QED) is 0.686. The van der Waals surface area contributed by atoms with Crippen LogP contribution >= 0.6 is 34.8 Å². The van der Waals surface area contributed by atoms with Gasteiger partial charge in [-0.25, -0.2) is 0 Å². The molecule has 0 atom stereocenters. The summed E-state index contributed by atoms with van der Waals surface area (Å²) in [7, 11) is 0. The minimum Gasteiger partial charge on any atom is -0.166 e. The second kappa shape index (κ2) is 4.81. The lowest BCUT2D eigenvalue weighted by Gasteiger charge is -2.09. The van der Waals surface area contributed by atoms with Crippen molar-refractivity contribution in [2.75, 3.05) is 0 Å². The molecule has 0 aliphatic heterocycles. The minimum absolute atomic E-state index is 0.00921. The lowest BCUT2D eigenvalue weighted by molar-refractivity contribution is -0.137. The average Bonchev–Trinajstić information content (AvgIpc) is 1.99. The SMILES string of the molecule is FC(F)(F)c1cc(Cl)cc([CH]C(Cl)Cl)c1. The molecule has 0 nitrogen and oxygen atoms in total. The first-order valence-corrected chi connectivity index (χ1v) is 5.05. The van der Waals surface area contributed by atoms with Crippen LogP contribution in [-0.2, 0) is 6.18 Å². The van der Waals surface area contributed by atoms with Crippen molar-refractivity contribution >= 4 is 34.8 Å². The van der Waals surface area contributed by atoms with E-state index in [2.05, 4.69) is 0 Å². The molecule has 1 rings (SSSR count). The summed E-state index contributed by atoms with van der Waals surface area (Å²) in [6.45, 7) is 0. The summed E-state index contributed by atoms with van der Waals surface area (Å²) in [5.41, 5.74) is -0.583. The highest BCUT2D eigenvalue weighted by atomic mass is 35.5. The maximum atomic E-state index is 12.3. The highest BCUT2D eigenvalue weighted by molar-refractivity contribution is 6.45. The van der Waals surface area contributed by atoms with Crippen molar-refractivity contribution in [1.82, 2.24) is 0 Å². The molecule has 0 aromatic heterocycles. The first kappa shape index (κ1) is 12.9. The lowest BCUT2D eigenvalue weighted by atomic mass is 10.1. The zero-order valence-corrected chi connectivity index (χ0v) is 9.42. The van der Waals surface area contributed by atoms with E-state index in [0.29, 0.717) is 0 Å². The Labute approximate surface area is 99.9 Å². The van der Waals surface area contributed by atoms with Crippen molar-refractivity contribution in [3.8, 4) is 0 Å². The number of hydrogen-bond donors (Lipinski definition) is 0. The van der Waals surface area contributed by atoms with Crippen molar-refractivity contribution in [3.05, 3.63) is 40.8 Å². The molecule has 83 valence electrons. The fraction of sp³-hybridized carbons (Fsp3) is 0.222. The predicted molar refractivity (Wildman–Crippen MR) is 55.4 cm³/mol. The second-order valence-electron chi connectivity index (χ2n) is 2.77. The molecule has 0 heterocycles. The van der Waals surface area contributed by atoms with Crippen LogP contribution in [0, 0.1) is 6.42 Å². The number of benzene rings is 1. The number of alkyl halides is 5. The summed E-state index contributed by atoms with van der Waals surface area (Å²) in [6, 6.07) is 3.13. The molecule has 0 saturated carbocycles. The summed E-state index contributed by atoms with van der Waals surface area (Å²) in [5.74, 6) is 0. The normalized spacial score (nSPS) is 12.2. The molecule has 0 spiro atoms. The Balaban J connectivity index is 3.06. The molecule has 0 aliphatic carbocycles. The van der Waals surface area contributed by atoms with Gasteiger partial charge in [0.15, 0.2) is 0 Å². The molecule has 0 amide bonds. The van der Waals surface area contributed by atoms with Gasteiger partial charge in [0.05, 0.1) is 5.56 Å². The van der Waals surface area contributed by atoms with E-state index >= 15 is 0 Å². The molecule has 6 heteroatoms. The van der Waals surface area contributed by atoms with Gasteiger partial charge in [0.2, 0.25) is 0 Å². The monoisotopic (exact) mass is 275 g/mol. The van der Waals surface area contributed by atoms with Crippen LogP contribution in [0.3, 0.4) is 0 Å². The van der Waals surface area contributed by atoms with Crippen LogP contribution in [0.15, 0.2) is 18.2 Å². The van der Waals surface area contributed by atoms with Gasteiger partial charge in [-0.1, -0.05) is 11.6 Å². The van der Waals surface area contributed by atoms with Gasteiger partial charge in [0.1, 0.15) is 4.84 Å². The van der Waals surface area contributed by atoms with Gasteiger partial charge < -0.3 is 0 Å². The second-order valence-corrected chi connectivity index (χ2v) is 4.37. The Morgan fingerprint density at radius 3 is 2.20 bits per heavy atom. The van der Waals surface area contributed by atoms with Gasteiger partial charge in [-0.2, -0.15) is 13.2 Å². The fourth-order valence-electron chi connectivity index (χ4n) is 1.02. The summed E-state index contributed by atoms with van der Waals surface area (Å²) < 4.78 is 37.0.